The van der Waals surface area contributed by atoms with Crippen molar-refractivity contribution in [3.63, 3.8) is 0 Å². The van der Waals surface area contributed by atoms with Crippen molar-refractivity contribution >= 4 is 0 Å². The maximum Gasteiger partial charge on any atom is 0.119 e. The van der Waals surface area contributed by atoms with E-state index in [0.717, 1.165) is 25.4 Å². The van der Waals surface area contributed by atoms with Crippen LogP contribution >= 0.6 is 0 Å². The summed E-state index contributed by atoms with van der Waals surface area (Å²) in [6, 6.07) is 8.49. The summed E-state index contributed by atoms with van der Waals surface area (Å²) in [6.45, 7) is 7.95. The summed E-state index contributed by atoms with van der Waals surface area (Å²) in [6.07, 6.45) is 5.41. The number of nitrogens with zero attached hydrogens (tertiary/aromatic N) is 1. The van der Waals surface area contributed by atoms with Crippen LogP contribution in [0.25, 0.3) is 0 Å². The molecule has 0 unspecified atom stereocenters. The van der Waals surface area contributed by atoms with Crippen molar-refractivity contribution < 1.29 is 4.74 Å². The number of rotatable bonds is 3. The van der Waals surface area contributed by atoms with Gasteiger partial charge >= 0.3 is 0 Å². The molecule has 1 saturated carbocycles. The van der Waals surface area contributed by atoms with Gasteiger partial charge in [-0.3, -0.25) is 4.90 Å². The van der Waals surface area contributed by atoms with Crippen LogP contribution in [0.1, 0.15) is 45.1 Å². The van der Waals surface area contributed by atoms with Gasteiger partial charge in [0.25, 0.3) is 0 Å². The van der Waals surface area contributed by atoms with Gasteiger partial charge in [0.05, 0.1) is 7.11 Å². The van der Waals surface area contributed by atoms with Crippen LogP contribution < -0.4 is 10.1 Å². The summed E-state index contributed by atoms with van der Waals surface area (Å²) in [5.41, 5.74) is 1.92. The van der Waals surface area contributed by atoms with Crippen LogP contribution in [0.15, 0.2) is 24.3 Å². The molecule has 2 aliphatic rings. The highest BCUT2D eigenvalue weighted by Crippen LogP contribution is 2.36. The first-order valence-corrected chi connectivity index (χ1v) is 8.16. The van der Waals surface area contributed by atoms with E-state index in [2.05, 4.69) is 42.3 Å². The maximum atomic E-state index is 5.36. The third-order valence-electron chi connectivity index (χ3n) is 5.31. The molecule has 3 nitrogen and oxygen atoms in total. The van der Waals surface area contributed by atoms with Crippen molar-refractivity contribution in [1.82, 2.24) is 10.2 Å². The molecule has 0 bridgehead atoms. The minimum absolute atomic E-state index is 0.205. The van der Waals surface area contributed by atoms with Gasteiger partial charge in [-0.15, -0.1) is 0 Å². The Balaban J connectivity index is 1.77. The summed E-state index contributed by atoms with van der Waals surface area (Å²) in [5, 5.41) is 3.86. The molecule has 1 aromatic rings. The molecular weight excluding hydrogens is 260 g/mol. The third kappa shape index (κ3) is 3.09. The quantitative estimate of drug-likeness (QED) is 0.924. The number of hydrogen-bond acceptors (Lipinski definition) is 3. The lowest BCUT2D eigenvalue weighted by Gasteiger charge is -2.51. The van der Waals surface area contributed by atoms with Gasteiger partial charge in [0.1, 0.15) is 5.75 Å². The number of methoxy groups -OCH3 is 1. The molecule has 116 valence electrons. The molecule has 21 heavy (non-hydrogen) atoms. The van der Waals surface area contributed by atoms with E-state index in [1.54, 1.807) is 7.11 Å². The Morgan fingerprint density at radius 1 is 1.24 bits per heavy atom. The van der Waals surface area contributed by atoms with Gasteiger partial charge in [-0.25, -0.2) is 0 Å². The zero-order valence-corrected chi connectivity index (χ0v) is 13.6. The van der Waals surface area contributed by atoms with Crippen molar-refractivity contribution in [3.05, 3.63) is 29.8 Å². The monoisotopic (exact) mass is 288 g/mol. The Bertz CT molecular complexity index is 492. The molecule has 1 N–H and O–H groups in total. The molecule has 3 rings (SSSR count). The van der Waals surface area contributed by atoms with Crippen molar-refractivity contribution in [3.8, 4) is 5.75 Å². The molecule has 2 fully saturated rings. The Morgan fingerprint density at radius 3 is 2.71 bits per heavy atom. The summed E-state index contributed by atoms with van der Waals surface area (Å²) in [5.74, 6) is 0.955. The number of piperazine rings is 1. The van der Waals surface area contributed by atoms with Crippen LogP contribution in [0.5, 0.6) is 5.75 Å². The zero-order valence-electron chi connectivity index (χ0n) is 13.6. The molecule has 1 spiro atoms. The van der Waals surface area contributed by atoms with Crippen LogP contribution in [-0.4, -0.2) is 36.2 Å². The van der Waals surface area contributed by atoms with E-state index in [-0.39, 0.29) is 5.54 Å². The lowest BCUT2D eigenvalue weighted by Crippen LogP contribution is -2.66. The molecule has 3 heteroatoms. The van der Waals surface area contributed by atoms with Crippen LogP contribution in [0.2, 0.25) is 0 Å². The van der Waals surface area contributed by atoms with Gasteiger partial charge in [-0.1, -0.05) is 25.0 Å². The summed E-state index contributed by atoms with van der Waals surface area (Å²) in [4.78, 5) is 2.66. The highest BCUT2D eigenvalue weighted by atomic mass is 16.5. The van der Waals surface area contributed by atoms with Crippen LogP contribution in [0.4, 0.5) is 0 Å². The fourth-order valence-electron chi connectivity index (χ4n) is 3.80. The minimum Gasteiger partial charge on any atom is -0.497 e. The molecule has 1 heterocycles. The highest BCUT2D eigenvalue weighted by Gasteiger charge is 2.43. The Kier molecular flexibility index (Phi) is 3.98. The van der Waals surface area contributed by atoms with Crippen molar-refractivity contribution in [2.75, 3.05) is 20.2 Å². The van der Waals surface area contributed by atoms with Gasteiger partial charge in [-0.05, 0) is 44.4 Å². The van der Waals surface area contributed by atoms with Gasteiger partial charge in [0.2, 0.25) is 0 Å². The van der Waals surface area contributed by atoms with E-state index in [9.17, 15) is 0 Å². The number of nitrogens with one attached hydrogen (secondary N) is 1. The number of ether oxygens (including phenoxy) is 1. The van der Waals surface area contributed by atoms with Crippen LogP contribution in [0, 0.1) is 0 Å². The molecule has 0 radical (unpaired) electrons. The second-order valence-electron chi connectivity index (χ2n) is 7.36. The van der Waals surface area contributed by atoms with E-state index in [1.165, 1.54) is 31.2 Å². The zero-order chi connectivity index (χ0) is 14.9. The number of hydrogen-bond donors (Lipinski definition) is 1. The first kappa shape index (κ1) is 14.9. The first-order chi connectivity index (χ1) is 10.0. The van der Waals surface area contributed by atoms with Crippen molar-refractivity contribution in [2.45, 2.75) is 57.2 Å². The van der Waals surface area contributed by atoms with Gasteiger partial charge in [0, 0.05) is 30.7 Å². The van der Waals surface area contributed by atoms with E-state index < -0.39 is 0 Å². The fourth-order valence-corrected chi connectivity index (χ4v) is 3.80. The summed E-state index contributed by atoms with van der Waals surface area (Å²) >= 11 is 0. The smallest absolute Gasteiger partial charge is 0.119 e. The fraction of sp³-hybridized carbons (Fsp3) is 0.667. The maximum absolute atomic E-state index is 5.36. The minimum atomic E-state index is 0.205. The normalized spacial score (nSPS) is 24.3. The Morgan fingerprint density at radius 2 is 2.00 bits per heavy atom. The molecule has 0 atom stereocenters. The standard InChI is InChI=1S/C18H28N2O/c1-17(2)13-19-18(9-4-5-10-18)14-20(17)12-15-7-6-8-16(11-15)21-3/h6-8,11,19H,4-5,9-10,12-14H2,1-3H3. The summed E-state index contributed by atoms with van der Waals surface area (Å²) in [7, 11) is 1.74. The van der Waals surface area contributed by atoms with Gasteiger partial charge < -0.3 is 10.1 Å². The second kappa shape index (κ2) is 5.62. The lowest BCUT2D eigenvalue weighted by atomic mass is 9.87. The van der Waals surface area contributed by atoms with Crippen molar-refractivity contribution in [1.29, 1.82) is 0 Å². The van der Waals surface area contributed by atoms with E-state index in [0.29, 0.717) is 5.54 Å². The molecule has 0 amide bonds. The predicted octanol–water partition coefficient (Wildman–Crippen LogP) is 3.19. The van der Waals surface area contributed by atoms with Crippen LogP contribution in [-0.2, 0) is 6.54 Å². The number of benzene rings is 1. The predicted molar refractivity (Wildman–Crippen MR) is 86.7 cm³/mol. The van der Waals surface area contributed by atoms with Gasteiger partial charge in [0.15, 0.2) is 0 Å². The molecule has 1 aromatic carbocycles. The average Bonchev–Trinajstić information content (AvgIpc) is 2.92. The lowest BCUT2D eigenvalue weighted by molar-refractivity contribution is 0.0217. The Hall–Kier alpha value is -1.06. The van der Waals surface area contributed by atoms with Crippen LogP contribution in [0.3, 0.4) is 0 Å². The molecule has 0 aromatic heterocycles. The van der Waals surface area contributed by atoms with E-state index in [4.69, 9.17) is 4.74 Å². The van der Waals surface area contributed by atoms with Crippen molar-refractivity contribution in [2.24, 2.45) is 0 Å². The summed E-state index contributed by atoms with van der Waals surface area (Å²) < 4.78 is 5.36. The molecule has 1 saturated heterocycles. The third-order valence-corrected chi connectivity index (χ3v) is 5.31. The molecule has 1 aliphatic carbocycles. The largest absolute Gasteiger partial charge is 0.497 e. The highest BCUT2D eigenvalue weighted by molar-refractivity contribution is 5.28. The second-order valence-corrected chi connectivity index (χ2v) is 7.36. The first-order valence-electron chi connectivity index (χ1n) is 8.16. The van der Waals surface area contributed by atoms with Gasteiger partial charge in [-0.2, -0.15) is 0 Å². The Labute approximate surface area is 128 Å². The van der Waals surface area contributed by atoms with E-state index >= 15 is 0 Å². The molecule has 1 aliphatic heterocycles. The van der Waals surface area contributed by atoms with E-state index in [1.807, 2.05) is 6.07 Å². The SMILES string of the molecule is COc1cccc(CN2CC3(CCCC3)NCC2(C)C)c1. The topological polar surface area (TPSA) is 24.5 Å². The molecular formula is C18H28N2O. The average molecular weight is 288 g/mol.